The molecule has 6 nitrogen and oxygen atoms in total. The summed E-state index contributed by atoms with van der Waals surface area (Å²) in [6, 6.07) is 4.26. The molecule has 102 valence electrons. The fourth-order valence-electron chi connectivity index (χ4n) is 2.13. The van der Waals surface area contributed by atoms with Gasteiger partial charge in [0.2, 0.25) is 5.91 Å². The highest BCUT2D eigenvalue weighted by atomic mass is 35.5. The fraction of sp³-hybridized carbons (Fsp3) is 0.417. The molecule has 0 bridgehead atoms. The Labute approximate surface area is 115 Å². The van der Waals surface area contributed by atoms with E-state index in [0.29, 0.717) is 23.6 Å². The van der Waals surface area contributed by atoms with Gasteiger partial charge in [0.05, 0.1) is 21.6 Å². The molecule has 2 rings (SSSR count). The van der Waals surface area contributed by atoms with Crippen LogP contribution in [0, 0.1) is 10.1 Å². The van der Waals surface area contributed by atoms with Crippen LogP contribution in [0.5, 0.6) is 0 Å². The standard InChI is InChI=1S/C12H14ClN3O3/c1-15-6-5-10(12(15)17)14-7-8-9(13)3-2-4-11(8)16(18)19/h2-4,10,14H,5-7H2,1H3. The maximum absolute atomic E-state index is 11.7. The van der Waals surface area contributed by atoms with Crippen molar-refractivity contribution in [3.63, 3.8) is 0 Å². The van der Waals surface area contributed by atoms with E-state index >= 15 is 0 Å². The molecule has 1 aliphatic rings. The Morgan fingerprint density at radius 1 is 1.58 bits per heavy atom. The van der Waals surface area contributed by atoms with Crippen LogP contribution in [-0.2, 0) is 11.3 Å². The first-order chi connectivity index (χ1) is 9.00. The molecule has 0 aromatic heterocycles. The summed E-state index contributed by atoms with van der Waals surface area (Å²) in [5.74, 6) is 0.00899. The van der Waals surface area contributed by atoms with Gasteiger partial charge in [-0.05, 0) is 12.5 Å². The van der Waals surface area contributed by atoms with Crippen LogP contribution in [0.2, 0.25) is 5.02 Å². The summed E-state index contributed by atoms with van der Waals surface area (Å²) < 4.78 is 0. The summed E-state index contributed by atoms with van der Waals surface area (Å²) in [6.07, 6.45) is 0.702. The Bertz CT molecular complexity index is 521. The molecule has 1 fully saturated rings. The van der Waals surface area contributed by atoms with Crippen molar-refractivity contribution in [1.29, 1.82) is 0 Å². The van der Waals surface area contributed by atoms with Crippen molar-refractivity contribution in [2.24, 2.45) is 0 Å². The molecule has 7 heteroatoms. The lowest BCUT2D eigenvalue weighted by Crippen LogP contribution is -2.36. The SMILES string of the molecule is CN1CCC(NCc2c(Cl)cccc2[N+](=O)[O-])C1=O. The van der Waals surface area contributed by atoms with E-state index in [-0.39, 0.29) is 24.2 Å². The van der Waals surface area contributed by atoms with Crippen molar-refractivity contribution in [2.75, 3.05) is 13.6 Å². The zero-order valence-corrected chi connectivity index (χ0v) is 11.2. The van der Waals surface area contributed by atoms with Crippen LogP contribution in [0.15, 0.2) is 18.2 Å². The van der Waals surface area contributed by atoms with Crippen LogP contribution in [0.25, 0.3) is 0 Å². The Hall–Kier alpha value is -1.66. The maximum Gasteiger partial charge on any atom is 0.275 e. The van der Waals surface area contributed by atoms with Gasteiger partial charge in [-0.15, -0.1) is 0 Å². The highest BCUT2D eigenvalue weighted by molar-refractivity contribution is 6.31. The van der Waals surface area contributed by atoms with Crippen molar-refractivity contribution in [3.05, 3.63) is 38.9 Å². The normalized spacial score (nSPS) is 18.9. The number of nitro benzene ring substituents is 1. The minimum Gasteiger partial charge on any atom is -0.344 e. The van der Waals surface area contributed by atoms with Crippen LogP contribution in [0.3, 0.4) is 0 Å². The van der Waals surface area contributed by atoms with Gasteiger partial charge in [-0.3, -0.25) is 14.9 Å². The van der Waals surface area contributed by atoms with Crippen LogP contribution in [-0.4, -0.2) is 35.4 Å². The number of likely N-dealkylation sites (N-methyl/N-ethyl adjacent to an activating group) is 1. The average Bonchev–Trinajstić information content (AvgIpc) is 2.68. The topological polar surface area (TPSA) is 75.5 Å². The molecule has 1 atom stereocenters. The molecular formula is C12H14ClN3O3. The number of hydrogen-bond donors (Lipinski definition) is 1. The molecular weight excluding hydrogens is 270 g/mol. The first-order valence-corrected chi connectivity index (χ1v) is 6.28. The Balaban J connectivity index is 2.12. The predicted octanol–water partition coefficient (Wildman–Crippen LogP) is 1.57. The van der Waals surface area contributed by atoms with Gasteiger partial charge in [-0.2, -0.15) is 0 Å². The highest BCUT2D eigenvalue weighted by Crippen LogP contribution is 2.26. The Kier molecular flexibility index (Phi) is 4.01. The molecule has 1 saturated heterocycles. The van der Waals surface area contributed by atoms with Crippen LogP contribution in [0.4, 0.5) is 5.69 Å². The van der Waals surface area contributed by atoms with E-state index in [2.05, 4.69) is 5.32 Å². The number of nitro groups is 1. The molecule has 1 heterocycles. The smallest absolute Gasteiger partial charge is 0.275 e. The van der Waals surface area contributed by atoms with E-state index in [9.17, 15) is 14.9 Å². The number of carbonyl (C=O) groups is 1. The molecule has 19 heavy (non-hydrogen) atoms. The van der Waals surface area contributed by atoms with E-state index in [4.69, 9.17) is 11.6 Å². The van der Waals surface area contributed by atoms with Crippen LogP contribution in [0.1, 0.15) is 12.0 Å². The predicted molar refractivity (Wildman–Crippen MR) is 71.0 cm³/mol. The first-order valence-electron chi connectivity index (χ1n) is 5.91. The molecule has 0 saturated carbocycles. The van der Waals surface area contributed by atoms with Gasteiger partial charge in [-0.1, -0.05) is 17.7 Å². The first kappa shape index (κ1) is 13.8. The second-order valence-corrected chi connectivity index (χ2v) is 4.88. The largest absolute Gasteiger partial charge is 0.344 e. The molecule has 1 aromatic carbocycles. The third-order valence-corrected chi connectivity index (χ3v) is 3.60. The number of benzene rings is 1. The van der Waals surface area contributed by atoms with Gasteiger partial charge in [-0.25, -0.2) is 0 Å². The Morgan fingerprint density at radius 2 is 2.32 bits per heavy atom. The van der Waals surface area contributed by atoms with E-state index in [1.165, 1.54) is 6.07 Å². The number of amides is 1. The summed E-state index contributed by atoms with van der Waals surface area (Å²) >= 11 is 5.98. The molecule has 1 amide bonds. The van der Waals surface area contributed by atoms with Crippen molar-refractivity contribution in [1.82, 2.24) is 10.2 Å². The van der Waals surface area contributed by atoms with Crippen molar-refractivity contribution >= 4 is 23.2 Å². The Morgan fingerprint density at radius 3 is 2.89 bits per heavy atom. The van der Waals surface area contributed by atoms with Crippen LogP contribution < -0.4 is 5.32 Å². The van der Waals surface area contributed by atoms with Crippen LogP contribution >= 0.6 is 11.6 Å². The zero-order valence-electron chi connectivity index (χ0n) is 10.4. The van der Waals surface area contributed by atoms with Crippen molar-refractivity contribution < 1.29 is 9.72 Å². The van der Waals surface area contributed by atoms with Crippen molar-refractivity contribution in [2.45, 2.75) is 19.0 Å². The van der Waals surface area contributed by atoms with Gasteiger partial charge in [0, 0.05) is 26.2 Å². The number of likely N-dealkylation sites (tertiary alicyclic amines) is 1. The average molecular weight is 284 g/mol. The second kappa shape index (κ2) is 5.54. The number of rotatable bonds is 4. The maximum atomic E-state index is 11.7. The van der Waals surface area contributed by atoms with Gasteiger partial charge >= 0.3 is 0 Å². The van der Waals surface area contributed by atoms with Gasteiger partial charge in [0.25, 0.3) is 5.69 Å². The molecule has 0 spiro atoms. The van der Waals surface area contributed by atoms with Gasteiger partial charge in [0.1, 0.15) is 0 Å². The third-order valence-electron chi connectivity index (χ3n) is 3.24. The third kappa shape index (κ3) is 2.85. The van der Waals surface area contributed by atoms with E-state index in [1.807, 2.05) is 0 Å². The van der Waals surface area contributed by atoms with Crippen molar-refractivity contribution in [3.8, 4) is 0 Å². The molecule has 0 aliphatic carbocycles. The van der Waals surface area contributed by atoms with Gasteiger partial charge < -0.3 is 10.2 Å². The number of carbonyl (C=O) groups excluding carboxylic acids is 1. The minimum absolute atomic E-state index is 0.00899. The zero-order chi connectivity index (χ0) is 14.0. The van der Waals surface area contributed by atoms with E-state index in [0.717, 1.165) is 0 Å². The fourth-order valence-corrected chi connectivity index (χ4v) is 2.37. The van der Waals surface area contributed by atoms with E-state index < -0.39 is 4.92 Å². The highest BCUT2D eigenvalue weighted by Gasteiger charge is 2.29. The monoisotopic (exact) mass is 283 g/mol. The summed E-state index contributed by atoms with van der Waals surface area (Å²) in [5, 5.41) is 14.3. The molecule has 1 N–H and O–H groups in total. The van der Waals surface area contributed by atoms with E-state index in [1.54, 1.807) is 24.1 Å². The number of nitrogens with zero attached hydrogens (tertiary/aromatic N) is 2. The second-order valence-electron chi connectivity index (χ2n) is 4.48. The lowest BCUT2D eigenvalue weighted by atomic mass is 10.1. The number of nitrogens with one attached hydrogen (secondary N) is 1. The summed E-state index contributed by atoms with van der Waals surface area (Å²) in [7, 11) is 1.74. The lowest BCUT2D eigenvalue weighted by Gasteiger charge is -2.13. The summed E-state index contributed by atoms with van der Waals surface area (Å²) in [4.78, 5) is 23.8. The summed E-state index contributed by atoms with van der Waals surface area (Å²) in [5.41, 5.74) is 0.385. The minimum atomic E-state index is -0.467. The molecule has 1 aromatic rings. The van der Waals surface area contributed by atoms with Gasteiger partial charge in [0.15, 0.2) is 0 Å². The number of halogens is 1. The molecule has 1 aliphatic heterocycles. The quantitative estimate of drug-likeness (QED) is 0.672. The number of hydrogen-bond acceptors (Lipinski definition) is 4. The molecule has 1 unspecified atom stereocenters. The lowest BCUT2D eigenvalue weighted by molar-refractivity contribution is -0.385. The summed E-state index contributed by atoms with van der Waals surface area (Å²) in [6.45, 7) is 0.904. The molecule has 0 radical (unpaired) electrons.